The Labute approximate surface area is 205 Å². The number of hydrogen-bond donors (Lipinski definition) is 2. The number of hydrogen-bond acceptors (Lipinski definition) is 8. The molecule has 2 N–H and O–H groups in total. The minimum Gasteiger partial charge on any atom is -0.490 e. The Kier molecular flexibility index (Phi) is 8.85. The summed E-state index contributed by atoms with van der Waals surface area (Å²) in [5, 5.41) is 6.75. The maximum atomic E-state index is 12.0. The first kappa shape index (κ1) is 25.3. The average Bonchev–Trinajstić information content (AvgIpc) is 3.33. The van der Waals surface area contributed by atoms with E-state index in [1.807, 2.05) is 6.92 Å². The number of furan rings is 1. The summed E-state index contributed by atoms with van der Waals surface area (Å²) in [5.74, 6) is -1.02. The number of carbonyl (C=O) groups is 3. The topological polar surface area (TPSA) is 128 Å². The van der Waals surface area contributed by atoms with Crippen LogP contribution in [0.4, 0.5) is 5.69 Å². The Hall–Kier alpha value is -4.31. The first-order valence-electron chi connectivity index (χ1n) is 10.4. The quantitative estimate of drug-likeness (QED) is 0.198. The number of nitrogens with one attached hydrogen (secondary N) is 2. The average molecular weight is 500 g/mol. The summed E-state index contributed by atoms with van der Waals surface area (Å²) < 4.78 is 21.4. The fourth-order valence-corrected chi connectivity index (χ4v) is 2.87. The van der Waals surface area contributed by atoms with E-state index in [0.717, 1.165) is 0 Å². The highest BCUT2D eigenvalue weighted by Crippen LogP contribution is 2.29. The van der Waals surface area contributed by atoms with E-state index in [0.29, 0.717) is 40.1 Å². The largest absolute Gasteiger partial charge is 0.490 e. The lowest BCUT2D eigenvalue weighted by atomic mass is 10.2. The van der Waals surface area contributed by atoms with Crippen molar-refractivity contribution in [3.05, 3.63) is 76.7 Å². The third-order valence-electron chi connectivity index (χ3n) is 4.37. The number of methoxy groups -OCH3 is 1. The van der Waals surface area contributed by atoms with Gasteiger partial charge in [0.15, 0.2) is 11.5 Å². The Morgan fingerprint density at radius 3 is 2.49 bits per heavy atom. The van der Waals surface area contributed by atoms with E-state index in [9.17, 15) is 14.4 Å². The van der Waals surface area contributed by atoms with Crippen LogP contribution < -0.4 is 20.2 Å². The van der Waals surface area contributed by atoms with E-state index in [1.54, 1.807) is 48.5 Å². The minimum absolute atomic E-state index is 0.0588. The second-order valence-corrected chi connectivity index (χ2v) is 7.28. The van der Waals surface area contributed by atoms with E-state index >= 15 is 0 Å². The molecule has 0 saturated heterocycles. The highest BCUT2D eigenvalue weighted by atomic mass is 35.5. The summed E-state index contributed by atoms with van der Waals surface area (Å²) in [5.41, 5.74) is 3.17. The predicted octanol–water partition coefficient (Wildman–Crippen LogP) is 3.79. The lowest BCUT2D eigenvalue weighted by molar-refractivity contribution is -0.136. The van der Waals surface area contributed by atoms with Gasteiger partial charge in [0.05, 0.1) is 19.9 Å². The molecule has 0 atom stereocenters. The van der Waals surface area contributed by atoms with Crippen LogP contribution in [0.3, 0.4) is 0 Å². The number of rotatable bonds is 9. The Morgan fingerprint density at radius 2 is 1.77 bits per heavy atom. The van der Waals surface area contributed by atoms with E-state index in [2.05, 4.69) is 20.6 Å². The van der Waals surface area contributed by atoms with Gasteiger partial charge in [-0.3, -0.25) is 9.59 Å². The molecule has 1 heterocycles. The number of hydrazone groups is 1. The van der Waals surface area contributed by atoms with Gasteiger partial charge in [0.25, 0.3) is 0 Å². The molecule has 1 aromatic heterocycles. The van der Waals surface area contributed by atoms with Gasteiger partial charge in [-0.2, -0.15) is 5.10 Å². The van der Waals surface area contributed by atoms with E-state index in [-0.39, 0.29) is 12.4 Å². The summed E-state index contributed by atoms with van der Waals surface area (Å²) in [4.78, 5) is 35.4. The van der Waals surface area contributed by atoms with Crippen LogP contribution in [0.5, 0.6) is 11.5 Å². The second-order valence-electron chi connectivity index (χ2n) is 6.85. The number of halogens is 1. The molecule has 2 aromatic carbocycles. The lowest BCUT2D eigenvalue weighted by Crippen LogP contribution is -2.32. The van der Waals surface area contributed by atoms with Crippen LogP contribution >= 0.6 is 11.6 Å². The standard InChI is InChI=1S/C24H22ClN3O7/c1-3-33-21-12-15(4-10-19(21)34-14-18-9-11-20(35-18)24(31)32-2)13-26-28-23(30)22(29)27-17-7-5-16(25)6-8-17/h4-13H,3,14H2,1-2H3,(H,27,29)(H,28,30). The summed E-state index contributed by atoms with van der Waals surface area (Å²) >= 11 is 5.79. The summed E-state index contributed by atoms with van der Waals surface area (Å²) in [7, 11) is 1.27. The monoisotopic (exact) mass is 499 g/mol. The number of ether oxygens (including phenoxy) is 3. The summed E-state index contributed by atoms with van der Waals surface area (Å²) in [6.45, 7) is 2.26. The fourth-order valence-electron chi connectivity index (χ4n) is 2.74. The van der Waals surface area contributed by atoms with Crippen molar-refractivity contribution in [2.24, 2.45) is 5.10 Å². The van der Waals surface area contributed by atoms with Gasteiger partial charge < -0.3 is 23.9 Å². The molecule has 0 saturated carbocycles. The van der Waals surface area contributed by atoms with E-state index in [1.165, 1.54) is 19.4 Å². The summed E-state index contributed by atoms with van der Waals surface area (Å²) in [6.07, 6.45) is 1.36. The van der Waals surface area contributed by atoms with Crippen molar-refractivity contribution in [2.45, 2.75) is 13.5 Å². The molecule has 0 bridgehead atoms. The molecule has 3 rings (SSSR count). The highest BCUT2D eigenvalue weighted by molar-refractivity contribution is 6.39. The third-order valence-corrected chi connectivity index (χ3v) is 4.63. The molecule has 0 radical (unpaired) electrons. The maximum Gasteiger partial charge on any atom is 0.373 e. The van der Waals surface area contributed by atoms with Crippen molar-refractivity contribution in [3.8, 4) is 11.5 Å². The zero-order valence-corrected chi connectivity index (χ0v) is 19.6. The molecular formula is C24H22ClN3O7. The number of carbonyl (C=O) groups excluding carboxylic acids is 3. The van der Waals surface area contributed by atoms with Crippen LogP contribution in [0.15, 0.2) is 64.1 Å². The normalized spacial score (nSPS) is 10.6. The van der Waals surface area contributed by atoms with Gasteiger partial charge in [-0.15, -0.1) is 0 Å². The molecule has 182 valence electrons. The Balaban J connectivity index is 1.58. The van der Waals surface area contributed by atoms with Gasteiger partial charge in [-0.1, -0.05) is 11.6 Å². The van der Waals surface area contributed by atoms with Gasteiger partial charge in [0.1, 0.15) is 12.4 Å². The molecule has 0 aliphatic heterocycles. The van der Waals surface area contributed by atoms with E-state index in [4.69, 9.17) is 25.5 Å². The first-order valence-corrected chi connectivity index (χ1v) is 10.7. The van der Waals surface area contributed by atoms with Gasteiger partial charge in [0.2, 0.25) is 5.76 Å². The number of amides is 2. The molecule has 0 fully saturated rings. The fraction of sp³-hybridized carbons (Fsp3) is 0.167. The van der Waals surface area contributed by atoms with Crippen molar-refractivity contribution in [2.75, 3.05) is 19.0 Å². The van der Waals surface area contributed by atoms with Crippen molar-refractivity contribution in [3.63, 3.8) is 0 Å². The second kappa shape index (κ2) is 12.2. The van der Waals surface area contributed by atoms with Crippen molar-refractivity contribution in [1.29, 1.82) is 0 Å². The molecule has 0 aliphatic carbocycles. The smallest absolute Gasteiger partial charge is 0.373 e. The lowest BCUT2D eigenvalue weighted by Gasteiger charge is -2.11. The van der Waals surface area contributed by atoms with Gasteiger partial charge >= 0.3 is 17.8 Å². The number of nitrogens with zero attached hydrogens (tertiary/aromatic N) is 1. The van der Waals surface area contributed by atoms with Crippen LogP contribution in [0.1, 0.15) is 28.8 Å². The zero-order valence-electron chi connectivity index (χ0n) is 18.9. The molecule has 0 unspecified atom stereocenters. The van der Waals surface area contributed by atoms with Crippen molar-refractivity contribution < 1.29 is 33.0 Å². The van der Waals surface area contributed by atoms with Gasteiger partial charge in [0, 0.05) is 10.7 Å². The van der Waals surface area contributed by atoms with Crippen LogP contribution in [0.2, 0.25) is 5.02 Å². The molecule has 2 amide bonds. The molecule has 10 nitrogen and oxygen atoms in total. The molecule has 3 aromatic rings. The Bertz CT molecular complexity index is 1220. The maximum absolute atomic E-state index is 12.0. The molecule has 0 aliphatic rings. The molecule has 0 spiro atoms. The third kappa shape index (κ3) is 7.34. The van der Waals surface area contributed by atoms with Crippen LogP contribution in [-0.2, 0) is 20.9 Å². The van der Waals surface area contributed by atoms with Crippen LogP contribution in [-0.4, -0.2) is 37.7 Å². The van der Waals surface area contributed by atoms with Gasteiger partial charge in [-0.25, -0.2) is 10.2 Å². The van der Waals surface area contributed by atoms with Crippen molar-refractivity contribution >= 4 is 41.3 Å². The zero-order chi connectivity index (χ0) is 25.2. The Morgan fingerprint density at radius 1 is 1.00 bits per heavy atom. The molecule has 35 heavy (non-hydrogen) atoms. The predicted molar refractivity (Wildman–Crippen MR) is 128 cm³/mol. The van der Waals surface area contributed by atoms with Crippen LogP contribution in [0.25, 0.3) is 0 Å². The van der Waals surface area contributed by atoms with Gasteiger partial charge in [-0.05, 0) is 67.1 Å². The number of benzene rings is 2. The van der Waals surface area contributed by atoms with E-state index < -0.39 is 17.8 Å². The van der Waals surface area contributed by atoms with Crippen molar-refractivity contribution in [1.82, 2.24) is 5.43 Å². The number of esters is 1. The van der Waals surface area contributed by atoms with Crippen LogP contribution in [0, 0.1) is 0 Å². The SMILES string of the molecule is CCOc1cc(C=NNC(=O)C(=O)Nc2ccc(Cl)cc2)ccc1OCc1ccc(C(=O)OC)o1. The molecule has 11 heteroatoms. The summed E-state index contributed by atoms with van der Waals surface area (Å²) in [6, 6.07) is 14.4. The first-order chi connectivity index (χ1) is 16.9. The number of anilines is 1. The molecular weight excluding hydrogens is 478 g/mol. The highest BCUT2D eigenvalue weighted by Gasteiger charge is 2.14. The minimum atomic E-state index is -0.939.